The SMILES string of the molecule is COC(=O)c1ccccc1Nc1ccnc(Nc2ccc(C#N)cc2)n1. The van der Waals surface area contributed by atoms with Gasteiger partial charge in [0.25, 0.3) is 0 Å². The lowest BCUT2D eigenvalue weighted by Crippen LogP contribution is -2.06. The van der Waals surface area contributed by atoms with Gasteiger partial charge < -0.3 is 15.4 Å². The van der Waals surface area contributed by atoms with Crippen molar-refractivity contribution in [1.82, 2.24) is 9.97 Å². The fourth-order valence-electron chi connectivity index (χ4n) is 2.26. The smallest absolute Gasteiger partial charge is 0.339 e. The van der Waals surface area contributed by atoms with Crippen molar-refractivity contribution in [1.29, 1.82) is 5.26 Å². The average molecular weight is 345 g/mol. The van der Waals surface area contributed by atoms with E-state index in [9.17, 15) is 4.79 Å². The molecule has 2 N–H and O–H groups in total. The number of aromatic nitrogens is 2. The lowest BCUT2D eigenvalue weighted by atomic mass is 10.2. The van der Waals surface area contributed by atoms with Crippen LogP contribution in [0.1, 0.15) is 15.9 Å². The van der Waals surface area contributed by atoms with Crippen molar-refractivity contribution >= 4 is 29.1 Å². The first kappa shape index (κ1) is 16.9. The summed E-state index contributed by atoms with van der Waals surface area (Å²) in [5.74, 6) is 0.473. The van der Waals surface area contributed by atoms with Gasteiger partial charge in [0, 0.05) is 11.9 Å². The minimum absolute atomic E-state index is 0.384. The number of hydrogen-bond acceptors (Lipinski definition) is 7. The molecule has 128 valence electrons. The van der Waals surface area contributed by atoms with Gasteiger partial charge in [-0.05, 0) is 42.5 Å². The van der Waals surface area contributed by atoms with Gasteiger partial charge in [-0.2, -0.15) is 10.2 Å². The second kappa shape index (κ2) is 7.77. The largest absolute Gasteiger partial charge is 0.465 e. The molecule has 1 heterocycles. The Balaban J connectivity index is 1.80. The van der Waals surface area contributed by atoms with Crippen LogP contribution in [0.2, 0.25) is 0 Å². The summed E-state index contributed by atoms with van der Waals surface area (Å²) in [6, 6.07) is 17.7. The highest BCUT2D eigenvalue weighted by atomic mass is 16.5. The van der Waals surface area contributed by atoms with Crippen LogP contribution < -0.4 is 10.6 Å². The van der Waals surface area contributed by atoms with Crippen molar-refractivity contribution in [3.8, 4) is 6.07 Å². The maximum atomic E-state index is 11.9. The molecule has 26 heavy (non-hydrogen) atoms. The molecule has 0 fully saturated rings. The quantitative estimate of drug-likeness (QED) is 0.681. The van der Waals surface area contributed by atoms with E-state index in [2.05, 4.69) is 26.7 Å². The van der Waals surface area contributed by atoms with E-state index in [4.69, 9.17) is 10.00 Å². The van der Waals surface area contributed by atoms with Crippen LogP contribution in [0.15, 0.2) is 60.8 Å². The number of benzene rings is 2. The number of methoxy groups -OCH3 is 1. The number of nitrogens with zero attached hydrogens (tertiary/aromatic N) is 3. The van der Waals surface area contributed by atoms with E-state index in [0.29, 0.717) is 28.6 Å². The molecule has 7 heteroatoms. The maximum absolute atomic E-state index is 11.9. The Morgan fingerprint density at radius 3 is 2.58 bits per heavy atom. The summed E-state index contributed by atoms with van der Waals surface area (Å²) in [5, 5.41) is 15.0. The molecule has 0 bridgehead atoms. The van der Waals surface area contributed by atoms with Gasteiger partial charge in [-0.15, -0.1) is 0 Å². The minimum Gasteiger partial charge on any atom is -0.465 e. The third kappa shape index (κ3) is 3.94. The first-order valence-electron chi connectivity index (χ1n) is 7.74. The van der Waals surface area contributed by atoms with Crippen LogP contribution in [-0.2, 0) is 4.74 Å². The highest BCUT2D eigenvalue weighted by Gasteiger charge is 2.11. The summed E-state index contributed by atoms with van der Waals surface area (Å²) in [5.41, 5.74) is 2.33. The molecular formula is C19H15N5O2. The van der Waals surface area contributed by atoms with Gasteiger partial charge in [0.2, 0.25) is 5.95 Å². The van der Waals surface area contributed by atoms with Crippen LogP contribution in [0, 0.1) is 11.3 Å². The number of para-hydroxylation sites is 1. The molecule has 1 aromatic heterocycles. The highest BCUT2D eigenvalue weighted by molar-refractivity contribution is 5.96. The first-order chi connectivity index (χ1) is 12.7. The summed E-state index contributed by atoms with van der Waals surface area (Å²) in [6.45, 7) is 0. The third-order valence-electron chi connectivity index (χ3n) is 3.52. The molecular weight excluding hydrogens is 330 g/mol. The van der Waals surface area contributed by atoms with E-state index in [1.165, 1.54) is 7.11 Å². The van der Waals surface area contributed by atoms with Crippen molar-refractivity contribution in [3.05, 3.63) is 71.9 Å². The molecule has 0 amide bonds. The van der Waals surface area contributed by atoms with Crippen molar-refractivity contribution < 1.29 is 9.53 Å². The van der Waals surface area contributed by atoms with Crippen molar-refractivity contribution in [2.45, 2.75) is 0 Å². The lowest BCUT2D eigenvalue weighted by molar-refractivity contribution is 0.0602. The topological polar surface area (TPSA) is 99.9 Å². The van der Waals surface area contributed by atoms with Crippen LogP contribution in [0.4, 0.5) is 23.1 Å². The minimum atomic E-state index is -0.432. The number of carbonyl (C=O) groups is 1. The van der Waals surface area contributed by atoms with Crippen LogP contribution in [0.3, 0.4) is 0 Å². The number of ether oxygens (including phenoxy) is 1. The fraction of sp³-hybridized carbons (Fsp3) is 0.0526. The Kier molecular flexibility index (Phi) is 5.05. The number of hydrogen-bond donors (Lipinski definition) is 2. The second-order valence-corrected chi connectivity index (χ2v) is 5.24. The van der Waals surface area contributed by atoms with Crippen molar-refractivity contribution in [2.24, 2.45) is 0 Å². The Labute approximate surface area is 150 Å². The first-order valence-corrected chi connectivity index (χ1v) is 7.74. The summed E-state index contributed by atoms with van der Waals surface area (Å²) in [4.78, 5) is 20.4. The van der Waals surface area contributed by atoms with Gasteiger partial charge in [0.15, 0.2) is 0 Å². The monoisotopic (exact) mass is 345 g/mol. The van der Waals surface area contributed by atoms with E-state index >= 15 is 0 Å². The average Bonchev–Trinajstić information content (AvgIpc) is 2.69. The third-order valence-corrected chi connectivity index (χ3v) is 3.52. The van der Waals surface area contributed by atoms with Gasteiger partial charge in [-0.1, -0.05) is 12.1 Å². The van der Waals surface area contributed by atoms with Gasteiger partial charge >= 0.3 is 5.97 Å². The predicted octanol–water partition coefficient (Wildman–Crippen LogP) is 3.62. The Bertz CT molecular complexity index is 964. The maximum Gasteiger partial charge on any atom is 0.339 e. The van der Waals surface area contributed by atoms with E-state index < -0.39 is 5.97 Å². The summed E-state index contributed by atoms with van der Waals surface area (Å²) in [6.07, 6.45) is 1.60. The number of nitrogens with one attached hydrogen (secondary N) is 2. The molecule has 2 aromatic carbocycles. The molecule has 3 rings (SSSR count). The standard InChI is InChI=1S/C19H15N5O2/c1-26-18(25)15-4-2-3-5-16(15)23-17-10-11-21-19(24-17)22-14-8-6-13(12-20)7-9-14/h2-11H,1H3,(H2,21,22,23,24). The van der Waals surface area contributed by atoms with Gasteiger partial charge in [-0.25, -0.2) is 9.78 Å². The molecule has 0 saturated carbocycles. The fourth-order valence-corrected chi connectivity index (χ4v) is 2.26. The van der Waals surface area contributed by atoms with Crippen LogP contribution in [0.25, 0.3) is 0 Å². The van der Waals surface area contributed by atoms with Crippen LogP contribution in [-0.4, -0.2) is 23.0 Å². The highest BCUT2D eigenvalue weighted by Crippen LogP contribution is 2.21. The molecule has 0 aliphatic rings. The molecule has 0 spiro atoms. The molecule has 0 unspecified atom stereocenters. The number of carbonyl (C=O) groups excluding carboxylic acids is 1. The summed E-state index contributed by atoms with van der Waals surface area (Å²) in [7, 11) is 1.34. The Morgan fingerprint density at radius 1 is 1.08 bits per heavy atom. The molecule has 0 radical (unpaired) electrons. The number of anilines is 4. The van der Waals surface area contributed by atoms with E-state index in [1.54, 1.807) is 54.7 Å². The van der Waals surface area contributed by atoms with Crippen LogP contribution in [0.5, 0.6) is 0 Å². The van der Waals surface area contributed by atoms with Crippen molar-refractivity contribution in [2.75, 3.05) is 17.7 Å². The molecule has 0 atom stereocenters. The molecule has 7 nitrogen and oxygen atoms in total. The summed E-state index contributed by atoms with van der Waals surface area (Å²) >= 11 is 0. The zero-order chi connectivity index (χ0) is 18.4. The van der Waals surface area contributed by atoms with E-state index in [-0.39, 0.29) is 0 Å². The number of esters is 1. The van der Waals surface area contributed by atoms with Crippen molar-refractivity contribution in [3.63, 3.8) is 0 Å². The molecule has 0 aliphatic carbocycles. The molecule has 3 aromatic rings. The molecule has 0 saturated heterocycles. The van der Waals surface area contributed by atoms with Gasteiger partial charge in [0.05, 0.1) is 30.0 Å². The van der Waals surface area contributed by atoms with Gasteiger partial charge in [0.1, 0.15) is 5.82 Å². The number of rotatable bonds is 5. The van der Waals surface area contributed by atoms with E-state index in [0.717, 1.165) is 5.69 Å². The lowest BCUT2D eigenvalue weighted by Gasteiger charge is -2.11. The zero-order valence-electron chi connectivity index (χ0n) is 13.9. The Morgan fingerprint density at radius 2 is 1.85 bits per heavy atom. The predicted molar refractivity (Wildman–Crippen MR) is 97.5 cm³/mol. The van der Waals surface area contributed by atoms with E-state index in [1.807, 2.05) is 6.07 Å². The second-order valence-electron chi connectivity index (χ2n) is 5.24. The number of nitriles is 1. The van der Waals surface area contributed by atoms with Gasteiger partial charge in [-0.3, -0.25) is 0 Å². The normalized spacial score (nSPS) is 9.85. The van der Waals surface area contributed by atoms with Crippen LogP contribution >= 0.6 is 0 Å². The molecule has 0 aliphatic heterocycles. The summed E-state index contributed by atoms with van der Waals surface area (Å²) < 4.78 is 4.79. The zero-order valence-corrected chi connectivity index (χ0v) is 13.9. The Hall–Kier alpha value is -3.92.